The summed E-state index contributed by atoms with van der Waals surface area (Å²) in [6.07, 6.45) is 4.91. The van der Waals surface area contributed by atoms with Gasteiger partial charge in [0.05, 0.1) is 17.9 Å². The minimum Gasteiger partial charge on any atom is -0.489 e. The van der Waals surface area contributed by atoms with Crippen molar-refractivity contribution in [3.05, 3.63) is 59.4 Å². The molecule has 2 aliphatic rings. The van der Waals surface area contributed by atoms with Crippen molar-refractivity contribution in [3.8, 4) is 5.75 Å². The fourth-order valence-corrected chi connectivity index (χ4v) is 4.47. The van der Waals surface area contributed by atoms with Crippen molar-refractivity contribution >= 4 is 11.8 Å². The number of fused-ring (bicyclic) bond motifs is 1. The molecule has 2 aromatic rings. The summed E-state index contributed by atoms with van der Waals surface area (Å²) in [5.74, 6) is 0.333. The van der Waals surface area contributed by atoms with Crippen LogP contribution in [0.3, 0.4) is 0 Å². The van der Waals surface area contributed by atoms with E-state index in [1.807, 2.05) is 11.0 Å². The second-order valence-corrected chi connectivity index (χ2v) is 8.85. The minimum atomic E-state index is -0.655. The predicted molar refractivity (Wildman–Crippen MR) is 124 cm³/mol. The van der Waals surface area contributed by atoms with Gasteiger partial charge in [0.15, 0.2) is 0 Å². The molecule has 0 aliphatic carbocycles. The van der Waals surface area contributed by atoms with Crippen LogP contribution in [0.1, 0.15) is 41.3 Å². The van der Waals surface area contributed by atoms with Gasteiger partial charge in [0.1, 0.15) is 11.9 Å². The molecule has 33 heavy (non-hydrogen) atoms. The number of ether oxygens (including phenoxy) is 1. The molecule has 2 N–H and O–H groups in total. The zero-order valence-electron chi connectivity index (χ0n) is 19.1. The quantitative estimate of drug-likeness (QED) is 0.663. The van der Waals surface area contributed by atoms with Crippen LogP contribution in [0.2, 0.25) is 0 Å². The fourth-order valence-electron chi connectivity index (χ4n) is 4.47. The van der Waals surface area contributed by atoms with Gasteiger partial charge >= 0.3 is 0 Å². The number of β-amino-alcohol motifs (C(OH)–C–C–N with tert-alkyl or cyclic N) is 1. The van der Waals surface area contributed by atoms with Gasteiger partial charge in [0, 0.05) is 65.2 Å². The summed E-state index contributed by atoms with van der Waals surface area (Å²) in [5.41, 5.74) is 3.07. The Bertz CT molecular complexity index is 974. The summed E-state index contributed by atoms with van der Waals surface area (Å²) in [4.78, 5) is 32.2. The average Bonchev–Trinajstić information content (AvgIpc) is 2.83. The highest BCUT2D eigenvalue weighted by atomic mass is 16.5. The Balaban J connectivity index is 1.23. The average molecular weight is 453 g/mol. The molecule has 1 aromatic heterocycles. The number of carbonyl (C=O) groups is 2. The van der Waals surface area contributed by atoms with Crippen LogP contribution in [-0.2, 0) is 17.8 Å². The number of likely N-dealkylation sites (tertiary alicyclic amines) is 1. The molecule has 0 spiro atoms. The third kappa shape index (κ3) is 6.30. The van der Waals surface area contributed by atoms with E-state index in [2.05, 4.69) is 33.4 Å². The lowest BCUT2D eigenvalue weighted by Gasteiger charge is -2.31. The predicted octanol–water partition coefficient (Wildman–Crippen LogP) is 1.62. The van der Waals surface area contributed by atoms with Crippen LogP contribution in [0, 0.1) is 0 Å². The number of amides is 2. The highest BCUT2D eigenvalue weighted by Crippen LogP contribution is 2.20. The van der Waals surface area contributed by atoms with Gasteiger partial charge in [0.25, 0.3) is 5.91 Å². The molecule has 8 nitrogen and oxygen atoms in total. The van der Waals surface area contributed by atoms with E-state index >= 15 is 0 Å². The smallest absolute Gasteiger partial charge is 0.253 e. The topological polar surface area (TPSA) is 95.0 Å². The van der Waals surface area contributed by atoms with Gasteiger partial charge in [-0.3, -0.25) is 19.5 Å². The van der Waals surface area contributed by atoms with E-state index in [0.717, 1.165) is 32.4 Å². The molecule has 2 amide bonds. The first-order valence-corrected chi connectivity index (χ1v) is 11.6. The number of piperidine rings is 1. The molecule has 0 unspecified atom stereocenters. The van der Waals surface area contributed by atoms with E-state index in [0.29, 0.717) is 30.9 Å². The standard InChI is InChI=1S/C25H32N4O4/c1-18(30)29-10-7-23(8-11-29)33-24-12-21(13-26-15-24)25(32)27-14-22(31)17-28-9-6-19-4-2-3-5-20(19)16-28/h2-5,12-13,15,22-23,31H,6-11,14,16-17H2,1H3,(H,27,32)/t22-/m0/s1. The van der Waals surface area contributed by atoms with Crippen LogP contribution < -0.4 is 10.1 Å². The molecule has 8 heteroatoms. The summed E-state index contributed by atoms with van der Waals surface area (Å²) >= 11 is 0. The van der Waals surface area contributed by atoms with Crippen LogP contribution in [0.5, 0.6) is 5.75 Å². The highest BCUT2D eigenvalue weighted by Gasteiger charge is 2.23. The van der Waals surface area contributed by atoms with Crippen molar-refractivity contribution in [2.24, 2.45) is 0 Å². The minimum absolute atomic E-state index is 0.00259. The number of hydrogen-bond donors (Lipinski definition) is 2. The Hall–Kier alpha value is -2.97. The van der Waals surface area contributed by atoms with Gasteiger partial charge < -0.3 is 20.1 Å². The van der Waals surface area contributed by atoms with Crippen LogP contribution in [-0.4, -0.2) is 76.6 Å². The number of aliphatic hydroxyl groups is 1. The second kappa shape index (κ2) is 10.8. The zero-order valence-corrected chi connectivity index (χ0v) is 19.1. The van der Waals surface area contributed by atoms with E-state index in [1.165, 1.54) is 17.3 Å². The fraction of sp³-hybridized carbons (Fsp3) is 0.480. The number of nitrogens with zero attached hydrogens (tertiary/aromatic N) is 3. The molecule has 1 aromatic carbocycles. The number of rotatable bonds is 7. The molecule has 0 bridgehead atoms. The Labute approximate surface area is 194 Å². The summed E-state index contributed by atoms with van der Waals surface area (Å²) in [7, 11) is 0. The zero-order chi connectivity index (χ0) is 23.2. The lowest BCUT2D eigenvalue weighted by molar-refractivity contribution is -0.130. The van der Waals surface area contributed by atoms with Gasteiger partial charge in [-0.25, -0.2) is 0 Å². The van der Waals surface area contributed by atoms with Gasteiger partial charge in [-0.05, 0) is 23.6 Å². The molecule has 1 saturated heterocycles. The monoisotopic (exact) mass is 452 g/mol. The molecular formula is C25H32N4O4. The summed E-state index contributed by atoms with van der Waals surface area (Å²) < 4.78 is 5.99. The molecule has 3 heterocycles. The van der Waals surface area contributed by atoms with E-state index < -0.39 is 6.10 Å². The Morgan fingerprint density at radius 1 is 1.18 bits per heavy atom. The first-order valence-electron chi connectivity index (χ1n) is 11.6. The van der Waals surface area contributed by atoms with Crippen molar-refractivity contribution in [2.45, 2.75) is 44.9 Å². The lowest BCUT2D eigenvalue weighted by Crippen LogP contribution is -2.42. The number of benzene rings is 1. The Kier molecular flexibility index (Phi) is 7.57. The third-order valence-electron chi connectivity index (χ3n) is 6.34. The Morgan fingerprint density at radius 2 is 1.94 bits per heavy atom. The van der Waals surface area contributed by atoms with Gasteiger partial charge in [-0.15, -0.1) is 0 Å². The van der Waals surface area contributed by atoms with E-state index in [4.69, 9.17) is 4.74 Å². The van der Waals surface area contributed by atoms with Crippen molar-refractivity contribution in [1.29, 1.82) is 0 Å². The first-order chi connectivity index (χ1) is 16.0. The molecule has 1 atom stereocenters. The molecular weight excluding hydrogens is 420 g/mol. The van der Waals surface area contributed by atoms with Crippen molar-refractivity contribution in [2.75, 3.05) is 32.7 Å². The van der Waals surface area contributed by atoms with E-state index in [-0.39, 0.29) is 24.5 Å². The van der Waals surface area contributed by atoms with E-state index in [1.54, 1.807) is 19.2 Å². The molecule has 4 rings (SSSR count). The molecule has 176 valence electrons. The van der Waals surface area contributed by atoms with Gasteiger partial charge in [-0.1, -0.05) is 24.3 Å². The SMILES string of the molecule is CC(=O)N1CCC(Oc2cncc(C(=O)NC[C@H](O)CN3CCc4ccccc4C3)c2)CC1. The van der Waals surface area contributed by atoms with E-state index in [9.17, 15) is 14.7 Å². The van der Waals surface area contributed by atoms with Crippen LogP contribution in [0.25, 0.3) is 0 Å². The number of pyridine rings is 1. The molecule has 1 fully saturated rings. The molecule has 2 aliphatic heterocycles. The number of hydrogen-bond acceptors (Lipinski definition) is 6. The summed E-state index contributed by atoms with van der Waals surface area (Å²) in [5, 5.41) is 13.3. The largest absolute Gasteiger partial charge is 0.489 e. The number of aromatic nitrogens is 1. The second-order valence-electron chi connectivity index (χ2n) is 8.85. The van der Waals surface area contributed by atoms with Gasteiger partial charge in [0.2, 0.25) is 5.91 Å². The number of aliphatic hydroxyl groups excluding tert-OH is 1. The number of nitrogens with one attached hydrogen (secondary N) is 1. The van der Waals surface area contributed by atoms with Crippen LogP contribution in [0.4, 0.5) is 0 Å². The highest BCUT2D eigenvalue weighted by molar-refractivity contribution is 5.94. The maximum absolute atomic E-state index is 12.6. The van der Waals surface area contributed by atoms with Crippen molar-refractivity contribution in [1.82, 2.24) is 20.1 Å². The Morgan fingerprint density at radius 3 is 2.70 bits per heavy atom. The van der Waals surface area contributed by atoms with Crippen LogP contribution in [0.15, 0.2) is 42.7 Å². The van der Waals surface area contributed by atoms with Crippen molar-refractivity contribution in [3.63, 3.8) is 0 Å². The number of carbonyl (C=O) groups excluding carboxylic acids is 2. The summed E-state index contributed by atoms with van der Waals surface area (Å²) in [6, 6.07) is 10.1. The third-order valence-corrected chi connectivity index (χ3v) is 6.34. The molecule has 0 radical (unpaired) electrons. The van der Waals surface area contributed by atoms with Gasteiger partial charge in [-0.2, -0.15) is 0 Å². The summed E-state index contributed by atoms with van der Waals surface area (Å²) in [6.45, 7) is 5.32. The first kappa shape index (κ1) is 23.2. The van der Waals surface area contributed by atoms with Crippen molar-refractivity contribution < 1.29 is 19.4 Å². The molecule has 0 saturated carbocycles. The van der Waals surface area contributed by atoms with Crippen LogP contribution >= 0.6 is 0 Å². The normalized spacial score (nSPS) is 17.8. The maximum Gasteiger partial charge on any atom is 0.253 e. The maximum atomic E-state index is 12.6. The lowest BCUT2D eigenvalue weighted by atomic mass is 10.00.